The second kappa shape index (κ2) is 9.64. The van der Waals surface area contributed by atoms with Crippen LogP contribution >= 0.6 is 0 Å². The molecular formula is C27H32N10O. The van der Waals surface area contributed by atoms with E-state index in [-0.39, 0.29) is 11.6 Å². The molecule has 1 aliphatic rings. The van der Waals surface area contributed by atoms with Gasteiger partial charge in [0.05, 0.1) is 18.2 Å². The van der Waals surface area contributed by atoms with Crippen LogP contribution < -0.4 is 9.64 Å². The fourth-order valence-corrected chi connectivity index (χ4v) is 5.24. The third-order valence-electron chi connectivity index (χ3n) is 7.78. The zero-order chi connectivity index (χ0) is 26.3. The maximum absolute atomic E-state index is 5.47. The maximum atomic E-state index is 5.47. The Balaban J connectivity index is 1.48. The highest BCUT2D eigenvalue weighted by atomic mass is 16.5. The molecule has 11 nitrogen and oxygen atoms in total. The van der Waals surface area contributed by atoms with Gasteiger partial charge in [0.2, 0.25) is 0 Å². The molecule has 0 unspecified atom stereocenters. The molecule has 0 saturated carbocycles. The number of para-hydroxylation sites is 1. The lowest BCUT2D eigenvalue weighted by Crippen LogP contribution is -2.49. The first-order chi connectivity index (χ1) is 18.5. The lowest BCUT2D eigenvalue weighted by Gasteiger charge is -2.40. The zero-order valence-electron chi connectivity index (χ0n) is 22.2. The molecule has 0 aliphatic carbocycles. The van der Waals surface area contributed by atoms with Crippen LogP contribution in [0.2, 0.25) is 0 Å². The molecule has 0 amide bonds. The third-order valence-corrected chi connectivity index (χ3v) is 7.78. The van der Waals surface area contributed by atoms with Crippen molar-refractivity contribution in [3.05, 3.63) is 66.0 Å². The van der Waals surface area contributed by atoms with Crippen LogP contribution in [0.15, 0.2) is 54.6 Å². The highest BCUT2D eigenvalue weighted by Gasteiger charge is 2.36. The van der Waals surface area contributed by atoms with E-state index in [1.54, 1.807) is 11.6 Å². The number of nitrogens with zero attached hydrogens (tertiary/aromatic N) is 10. The summed E-state index contributed by atoms with van der Waals surface area (Å²) in [6.45, 7) is 9.96. The van der Waals surface area contributed by atoms with Crippen molar-refractivity contribution in [2.45, 2.75) is 38.8 Å². The third kappa shape index (κ3) is 4.12. The van der Waals surface area contributed by atoms with Crippen LogP contribution in [-0.4, -0.2) is 78.4 Å². The number of methoxy groups -OCH3 is 1. The number of hydrogen-bond donors (Lipinski definition) is 0. The summed E-state index contributed by atoms with van der Waals surface area (Å²) < 4.78 is 9.23. The van der Waals surface area contributed by atoms with Gasteiger partial charge in [0.25, 0.3) is 0 Å². The molecule has 2 aromatic carbocycles. The Morgan fingerprint density at radius 3 is 2.42 bits per heavy atom. The topological polar surface area (TPSA) is 102 Å². The Morgan fingerprint density at radius 2 is 1.68 bits per heavy atom. The molecule has 196 valence electrons. The highest BCUT2D eigenvalue weighted by molar-refractivity contribution is 5.84. The fraction of sp³-hybridized carbons (Fsp3) is 0.407. The molecule has 3 aromatic heterocycles. The van der Waals surface area contributed by atoms with Gasteiger partial charge >= 0.3 is 0 Å². The van der Waals surface area contributed by atoms with Gasteiger partial charge in [-0.05, 0) is 71.5 Å². The van der Waals surface area contributed by atoms with E-state index in [0.29, 0.717) is 5.65 Å². The zero-order valence-corrected chi connectivity index (χ0v) is 22.2. The minimum atomic E-state index is -0.255. The summed E-state index contributed by atoms with van der Waals surface area (Å²) in [7, 11) is 1.66. The summed E-state index contributed by atoms with van der Waals surface area (Å²) in [4.78, 5) is 4.88. The average Bonchev–Trinajstić information content (AvgIpc) is 3.65. The number of tetrazole rings is 2. The van der Waals surface area contributed by atoms with E-state index in [0.717, 1.165) is 60.6 Å². The lowest BCUT2D eigenvalue weighted by molar-refractivity contribution is 0.188. The van der Waals surface area contributed by atoms with E-state index in [1.165, 1.54) is 5.69 Å². The number of aromatic nitrogens is 8. The number of benzene rings is 2. The smallest absolute Gasteiger partial charge is 0.185 e. The number of piperazine rings is 1. The molecule has 4 heterocycles. The van der Waals surface area contributed by atoms with Crippen LogP contribution in [0.25, 0.3) is 16.6 Å². The average molecular weight is 513 g/mol. The van der Waals surface area contributed by atoms with E-state index < -0.39 is 0 Å². The van der Waals surface area contributed by atoms with Gasteiger partial charge in [-0.25, -0.2) is 4.68 Å². The van der Waals surface area contributed by atoms with Crippen molar-refractivity contribution in [2.24, 2.45) is 0 Å². The first-order valence-electron chi connectivity index (χ1n) is 13.0. The second-order valence-corrected chi connectivity index (χ2v) is 10.3. The number of rotatable bonds is 7. The summed E-state index contributed by atoms with van der Waals surface area (Å²) in [5, 5.41) is 27.1. The largest absolute Gasteiger partial charge is 0.497 e. The first-order valence-corrected chi connectivity index (χ1v) is 13.0. The monoisotopic (exact) mass is 512 g/mol. The highest BCUT2D eigenvalue weighted by Crippen LogP contribution is 2.36. The summed E-state index contributed by atoms with van der Waals surface area (Å²) in [5.41, 5.74) is 3.53. The van der Waals surface area contributed by atoms with Crippen molar-refractivity contribution < 1.29 is 4.74 Å². The molecule has 1 aliphatic heterocycles. The molecule has 11 heteroatoms. The van der Waals surface area contributed by atoms with Gasteiger partial charge in [0.1, 0.15) is 11.8 Å². The van der Waals surface area contributed by atoms with Gasteiger partial charge in [-0.1, -0.05) is 25.1 Å². The quantitative estimate of drug-likeness (QED) is 0.325. The van der Waals surface area contributed by atoms with Crippen molar-refractivity contribution in [3.63, 3.8) is 0 Å². The minimum absolute atomic E-state index is 0.228. The first kappa shape index (κ1) is 24.2. The Morgan fingerprint density at radius 1 is 0.921 bits per heavy atom. The number of pyridine rings is 1. The van der Waals surface area contributed by atoms with Gasteiger partial charge in [-0.2, -0.15) is 4.52 Å². The fourth-order valence-electron chi connectivity index (χ4n) is 5.24. The summed E-state index contributed by atoms with van der Waals surface area (Å²) >= 11 is 0. The second-order valence-electron chi connectivity index (χ2n) is 10.3. The summed E-state index contributed by atoms with van der Waals surface area (Å²) in [5.74, 6) is 1.55. The number of fused-ring (bicyclic) bond motifs is 3. The van der Waals surface area contributed by atoms with E-state index in [1.807, 2.05) is 22.9 Å². The molecule has 1 atom stereocenters. The van der Waals surface area contributed by atoms with E-state index in [9.17, 15) is 0 Å². The van der Waals surface area contributed by atoms with Gasteiger partial charge in [-0.3, -0.25) is 4.90 Å². The summed E-state index contributed by atoms with van der Waals surface area (Å²) in [6.07, 6.45) is 0.888. The van der Waals surface area contributed by atoms with Crippen LogP contribution in [0, 0.1) is 0 Å². The van der Waals surface area contributed by atoms with Crippen molar-refractivity contribution >= 4 is 22.2 Å². The maximum Gasteiger partial charge on any atom is 0.185 e. The Labute approximate surface area is 221 Å². The standard InChI is InChI=1S/C27H32N10O/c1-5-27(2,3)37-26(29-31-33-37)24(35-15-13-34(14-16-35)20-9-7-6-8-10-20)22-17-19-11-12-21(38-4)18-23(19)36-25(22)28-30-32-36/h6-12,17-18,24H,5,13-16H2,1-4H3/t24-/m0/s1. The van der Waals surface area contributed by atoms with Crippen molar-refractivity contribution in [1.82, 2.24) is 45.1 Å². The Hall–Kier alpha value is -4.12. The van der Waals surface area contributed by atoms with Gasteiger partial charge in [0, 0.05) is 48.9 Å². The van der Waals surface area contributed by atoms with E-state index in [2.05, 4.69) is 98.0 Å². The van der Waals surface area contributed by atoms with Gasteiger partial charge in [-0.15, -0.1) is 10.2 Å². The Bertz CT molecular complexity index is 1550. The molecule has 0 N–H and O–H groups in total. The van der Waals surface area contributed by atoms with E-state index >= 15 is 0 Å². The minimum Gasteiger partial charge on any atom is -0.497 e. The lowest BCUT2D eigenvalue weighted by atomic mass is 9.98. The van der Waals surface area contributed by atoms with Crippen molar-refractivity contribution in [3.8, 4) is 5.75 Å². The van der Waals surface area contributed by atoms with Gasteiger partial charge < -0.3 is 9.64 Å². The molecule has 0 spiro atoms. The van der Waals surface area contributed by atoms with Gasteiger partial charge in [0.15, 0.2) is 11.5 Å². The number of anilines is 1. The molecule has 0 radical (unpaired) electrons. The summed E-state index contributed by atoms with van der Waals surface area (Å²) in [6, 6.07) is 18.5. The van der Waals surface area contributed by atoms with Crippen LogP contribution in [0.3, 0.4) is 0 Å². The Kier molecular flexibility index (Phi) is 6.15. The SMILES string of the molecule is CCC(C)(C)n1nnnc1[C@H](c1cc2ccc(OC)cc2n2nnnc12)N1CCN(c2ccccc2)CC1. The predicted octanol–water partition coefficient (Wildman–Crippen LogP) is 3.33. The van der Waals surface area contributed by atoms with Crippen LogP contribution in [0.4, 0.5) is 5.69 Å². The van der Waals surface area contributed by atoms with Crippen molar-refractivity contribution in [2.75, 3.05) is 38.2 Å². The van der Waals surface area contributed by atoms with Crippen LogP contribution in [0.1, 0.15) is 44.6 Å². The molecule has 0 bridgehead atoms. The molecule has 1 fully saturated rings. The molecule has 1 saturated heterocycles. The predicted molar refractivity (Wildman–Crippen MR) is 144 cm³/mol. The van der Waals surface area contributed by atoms with E-state index in [4.69, 9.17) is 4.74 Å². The normalized spacial score (nSPS) is 15.8. The molecule has 5 aromatic rings. The molecule has 38 heavy (non-hydrogen) atoms. The number of ether oxygens (including phenoxy) is 1. The van der Waals surface area contributed by atoms with Crippen molar-refractivity contribution in [1.29, 1.82) is 0 Å². The molecular weight excluding hydrogens is 480 g/mol. The molecule has 6 rings (SSSR count). The van der Waals surface area contributed by atoms with Crippen LogP contribution in [0.5, 0.6) is 5.75 Å². The number of hydrogen-bond acceptors (Lipinski definition) is 9. The van der Waals surface area contributed by atoms with Crippen LogP contribution in [-0.2, 0) is 5.54 Å².